The van der Waals surface area contributed by atoms with E-state index in [1.54, 1.807) is 13.2 Å². The van der Waals surface area contributed by atoms with Crippen LogP contribution in [-0.2, 0) is 17.9 Å². The number of aromatic nitrogens is 1. The number of rotatable bonds is 6. The molecule has 0 bridgehead atoms. The number of nitrogens with one attached hydrogen (secondary N) is 2. The van der Waals surface area contributed by atoms with E-state index in [9.17, 15) is 4.79 Å². The van der Waals surface area contributed by atoms with Gasteiger partial charge in [-0.15, -0.1) is 24.0 Å². The number of aliphatic imine (C=N–C) groups is 1. The highest BCUT2D eigenvalue weighted by Crippen LogP contribution is 2.24. The molecule has 168 valence electrons. The van der Waals surface area contributed by atoms with Gasteiger partial charge < -0.3 is 21.3 Å². The van der Waals surface area contributed by atoms with Crippen molar-refractivity contribution in [3.63, 3.8) is 0 Å². The standard InChI is InChI=1S/C23H32N6O.HI/c1-16-8-9-18(17(2)12-16)13-27-23(25-3)28-14-19-6-4-10-26-22(19)29-11-5-7-20(15-29)21(24)30;/h4,6,8-10,12,20H,5,7,11,13-15H2,1-3H3,(H2,24,30)(H2,25,27,28);1H. The molecule has 1 amide bonds. The summed E-state index contributed by atoms with van der Waals surface area (Å²) in [5.74, 6) is 1.29. The molecule has 1 unspecified atom stereocenters. The molecule has 1 aliphatic rings. The average Bonchev–Trinajstić information content (AvgIpc) is 2.75. The number of amides is 1. The number of nitrogens with zero attached hydrogens (tertiary/aromatic N) is 3. The van der Waals surface area contributed by atoms with Crippen LogP contribution in [-0.4, -0.2) is 37.0 Å². The first-order valence-electron chi connectivity index (χ1n) is 10.5. The number of primary amides is 1. The number of aryl methyl sites for hydroxylation is 2. The fourth-order valence-corrected chi connectivity index (χ4v) is 3.88. The molecule has 1 aliphatic heterocycles. The van der Waals surface area contributed by atoms with E-state index in [4.69, 9.17) is 5.73 Å². The Morgan fingerprint density at radius 2 is 1.97 bits per heavy atom. The van der Waals surface area contributed by atoms with Crippen LogP contribution in [0.2, 0.25) is 0 Å². The third-order valence-corrected chi connectivity index (χ3v) is 5.61. The lowest BCUT2D eigenvalue weighted by molar-refractivity contribution is -0.122. The normalized spacial score (nSPS) is 16.4. The molecule has 8 heteroatoms. The molecule has 0 radical (unpaired) electrons. The zero-order chi connectivity index (χ0) is 21.5. The number of piperidine rings is 1. The number of hydrogen-bond donors (Lipinski definition) is 3. The SMILES string of the molecule is CN=C(NCc1ccc(C)cc1C)NCc1cccnc1N1CCCC(C(N)=O)C1.I. The van der Waals surface area contributed by atoms with E-state index in [0.29, 0.717) is 19.6 Å². The summed E-state index contributed by atoms with van der Waals surface area (Å²) < 4.78 is 0. The van der Waals surface area contributed by atoms with E-state index in [-0.39, 0.29) is 35.8 Å². The summed E-state index contributed by atoms with van der Waals surface area (Å²) in [5, 5.41) is 6.76. The first-order valence-corrected chi connectivity index (χ1v) is 10.5. The molecular formula is C23H33IN6O. The first-order chi connectivity index (χ1) is 14.5. The van der Waals surface area contributed by atoms with Crippen LogP contribution in [0.25, 0.3) is 0 Å². The molecule has 1 atom stereocenters. The maximum absolute atomic E-state index is 11.6. The molecule has 2 aromatic rings. The van der Waals surface area contributed by atoms with Crippen molar-refractivity contribution < 1.29 is 4.79 Å². The number of anilines is 1. The highest BCUT2D eigenvalue weighted by Gasteiger charge is 2.25. The molecule has 31 heavy (non-hydrogen) atoms. The number of guanidine groups is 1. The summed E-state index contributed by atoms with van der Waals surface area (Å²) in [6, 6.07) is 10.4. The Balaban J connectivity index is 0.00000341. The topological polar surface area (TPSA) is 95.6 Å². The van der Waals surface area contributed by atoms with Crippen molar-refractivity contribution in [1.82, 2.24) is 15.6 Å². The third kappa shape index (κ3) is 6.81. The van der Waals surface area contributed by atoms with Crippen molar-refractivity contribution >= 4 is 41.7 Å². The van der Waals surface area contributed by atoms with Gasteiger partial charge in [0.05, 0.1) is 5.92 Å². The zero-order valence-electron chi connectivity index (χ0n) is 18.5. The van der Waals surface area contributed by atoms with Gasteiger partial charge in [-0.2, -0.15) is 0 Å². The molecule has 1 aromatic heterocycles. The van der Waals surface area contributed by atoms with Gasteiger partial charge in [-0.05, 0) is 43.9 Å². The molecule has 7 nitrogen and oxygen atoms in total. The number of nitrogens with two attached hydrogens (primary N) is 1. The molecule has 1 fully saturated rings. The van der Waals surface area contributed by atoms with E-state index in [0.717, 1.165) is 36.7 Å². The van der Waals surface area contributed by atoms with Crippen LogP contribution in [0.1, 0.15) is 35.1 Å². The number of carbonyl (C=O) groups excluding carboxylic acids is 1. The highest BCUT2D eigenvalue weighted by molar-refractivity contribution is 14.0. The number of benzene rings is 1. The highest BCUT2D eigenvalue weighted by atomic mass is 127. The van der Waals surface area contributed by atoms with Gasteiger partial charge >= 0.3 is 0 Å². The molecule has 3 rings (SSSR count). The average molecular weight is 536 g/mol. The zero-order valence-corrected chi connectivity index (χ0v) is 20.8. The van der Waals surface area contributed by atoms with Crippen LogP contribution >= 0.6 is 24.0 Å². The summed E-state index contributed by atoms with van der Waals surface area (Å²) in [6.45, 7) is 7.03. The quantitative estimate of drug-likeness (QED) is 0.300. The lowest BCUT2D eigenvalue weighted by atomic mass is 9.97. The Bertz CT molecular complexity index is 917. The van der Waals surface area contributed by atoms with Gasteiger partial charge in [-0.3, -0.25) is 9.79 Å². The van der Waals surface area contributed by atoms with Gasteiger partial charge in [-0.1, -0.05) is 29.8 Å². The van der Waals surface area contributed by atoms with Crippen molar-refractivity contribution in [3.05, 3.63) is 58.8 Å². The second-order valence-corrected chi connectivity index (χ2v) is 7.88. The summed E-state index contributed by atoms with van der Waals surface area (Å²) in [5.41, 5.74) is 10.4. The smallest absolute Gasteiger partial charge is 0.222 e. The lowest BCUT2D eigenvalue weighted by Crippen LogP contribution is -2.42. The lowest BCUT2D eigenvalue weighted by Gasteiger charge is -2.33. The van der Waals surface area contributed by atoms with Gasteiger partial charge in [-0.25, -0.2) is 4.98 Å². The number of pyridine rings is 1. The first kappa shape index (κ1) is 24.9. The number of carbonyl (C=O) groups is 1. The molecular weight excluding hydrogens is 503 g/mol. The fraction of sp³-hybridized carbons (Fsp3) is 0.435. The van der Waals surface area contributed by atoms with Crippen molar-refractivity contribution in [3.8, 4) is 0 Å². The van der Waals surface area contributed by atoms with E-state index >= 15 is 0 Å². The van der Waals surface area contributed by atoms with Crippen LogP contribution in [0.4, 0.5) is 5.82 Å². The summed E-state index contributed by atoms with van der Waals surface area (Å²) >= 11 is 0. The van der Waals surface area contributed by atoms with Gasteiger partial charge in [0.15, 0.2) is 5.96 Å². The third-order valence-electron chi connectivity index (χ3n) is 5.61. The maximum Gasteiger partial charge on any atom is 0.222 e. The minimum Gasteiger partial charge on any atom is -0.369 e. The molecule has 1 aromatic carbocycles. The second kappa shape index (κ2) is 11.9. The molecule has 0 saturated carbocycles. The Labute approximate surface area is 201 Å². The molecule has 4 N–H and O–H groups in total. The molecule has 0 aliphatic carbocycles. The second-order valence-electron chi connectivity index (χ2n) is 7.88. The van der Waals surface area contributed by atoms with Crippen molar-refractivity contribution in [1.29, 1.82) is 0 Å². The van der Waals surface area contributed by atoms with E-state index < -0.39 is 0 Å². The Kier molecular flexibility index (Phi) is 9.54. The number of halogens is 1. The predicted octanol–water partition coefficient (Wildman–Crippen LogP) is 2.88. The molecule has 0 spiro atoms. The summed E-state index contributed by atoms with van der Waals surface area (Å²) in [4.78, 5) is 22.7. The molecule has 1 saturated heterocycles. The number of hydrogen-bond acceptors (Lipinski definition) is 4. The maximum atomic E-state index is 11.6. The Hall–Kier alpha value is -2.36. The van der Waals surface area contributed by atoms with Gasteiger partial charge in [0.25, 0.3) is 0 Å². The van der Waals surface area contributed by atoms with E-state index in [1.165, 1.54) is 16.7 Å². The summed E-state index contributed by atoms with van der Waals surface area (Å²) in [7, 11) is 1.77. The Morgan fingerprint density at radius 3 is 2.65 bits per heavy atom. The van der Waals surface area contributed by atoms with Crippen molar-refractivity contribution in [2.75, 3.05) is 25.0 Å². The van der Waals surface area contributed by atoms with Crippen molar-refractivity contribution in [2.24, 2.45) is 16.6 Å². The van der Waals surface area contributed by atoms with Crippen LogP contribution in [0, 0.1) is 19.8 Å². The minimum atomic E-state index is -0.230. The van der Waals surface area contributed by atoms with Crippen molar-refractivity contribution in [2.45, 2.75) is 39.8 Å². The van der Waals surface area contributed by atoms with Crippen LogP contribution in [0.3, 0.4) is 0 Å². The van der Waals surface area contributed by atoms with Crippen LogP contribution in [0.5, 0.6) is 0 Å². The monoisotopic (exact) mass is 536 g/mol. The largest absolute Gasteiger partial charge is 0.369 e. The Morgan fingerprint density at radius 1 is 1.23 bits per heavy atom. The van der Waals surface area contributed by atoms with Gasteiger partial charge in [0.2, 0.25) is 5.91 Å². The fourth-order valence-electron chi connectivity index (χ4n) is 3.88. The predicted molar refractivity (Wildman–Crippen MR) is 137 cm³/mol. The summed E-state index contributed by atoms with van der Waals surface area (Å²) in [6.07, 6.45) is 3.58. The van der Waals surface area contributed by atoms with Crippen LogP contribution < -0.4 is 21.3 Å². The van der Waals surface area contributed by atoms with Gasteiger partial charge in [0, 0.05) is 45.0 Å². The van der Waals surface area contributed by atoms with Crippen LogP contribution in [0.15, 0.2) is 41.5 Å². The minimum absolute atomic E-state index is 0. The van der Waals surface area contributed by atoms with E-state index in [1.807, 2.05) is 6.07 Å². The van der Waals surface area contributed by atoms with E-state index in [2.05, 4.69) is 63.6 Å². The molecule has 2 heterocycles. The van der Waals surface area contributed by atoms with Gasteiger partial charge in [0.1, 0.15) is 5.82 Å².